The average Bonchev–Trinajstić information content (AvgIpc) is 2.69. The molecule has 7 heteroatoms. The Morgan fingerprint density at radius 1 is 1.17 bits per heavy atom. The van der Waals surface area contributed by atoms with Crippen LogP contribution in [0, 0.1) is 13.8 Å². The molecule has 0 aliphatic rings. The van der Waals surface area contributed by atoms with Crippen LogP contribution in [0.4, 0.5) is 5.69 Å². The summed E-state index contributed by atoms with van der Waals surface area (Å²) in [6, 6.07) is 15.4. The van der Waals surface area contributed by atoms with E-state index >= 15 is 0 Å². The molecule has 1 amide bonds. The molecule has 3 rings (SSSR count). The van der Waals surface area contributed by atoms with Gasteiger partial charge in [-0.3, -0.25) is 9.59 Å². The summed E-state index contributed by atoms with van der Waals surface area (Å²) in [5.74, 6) is 0.552. The topological polar surface area (TPSA) is 74.8 Å². The number of aromatic nitrogens is 2. The zero-order valence-corrected chi connectivity index (χ0v) is 17.9. The standard InChI is InChI=1S/C22H22ClN3O2S/c1-14-8-9-17(12-19(14)23)25-20(27)11-10-18-15(2)24-22(26-21(18)28)29-13-16-6-4-3-5-7-16/h3-9,12H,10-11,13H2,1-2H3,(H,25,27)(H,24,26,28). The Bertz CT molecular complexity index is 1070. The van der Waals surface area contributed by atoms with Crippen LogP contribution in [0.5, 0.6) is 0 Å². The van der Waals surface area contributed by atoms with E-state index in [1.807, 2.05) is 43.3 Å². The molecule has 0 fully saturated rings. The fourth-order valence-corrected chi connectivity index (χ4v) is 3.85. The minimum absolute atomic E-state index is 0.175. The van der Waals surface area contributed by atoms with Gasteiger partial charge in [0.15, 0.2) is 5.16 Å². The lowest BCUT2D eigenvalue weighted by molar-refractivity contribution is -0.116. The van der Waals surface area contributed by atoms with Gasteiger partial charge in [0.2, 0.25) is 5.91 Å². The third-order valence-electron chi connectivity index (χ3n) is 4.48. The van der Waals surface area contributed by atoms with Gasteiger partial charge in [-0.1, -0.05) is 59.8 Å². The van der Waals surface area contributed by atoms with Crippen molar-refractivity contribution in [2.45, 2.75) is 37.6 Å². The molecule has 0 saturated heterocycles. The van der Waals surface area contributed by atoms with E-state index in [1.165, 1.54) is 11.8 Å². The lowest BCUT2D eigenvalue weighted by atomic mass is 10.1. The summed E-state index contributed by atoms with van der Waals surface area (Å²) in [6.45, 7) is 3.70. The Morgan fingerprint density at radius 2 is 1.93 bits per heavy atom. The summed E-state index contributed by atoms with van der Waals surface area (Å²) in [4.78, 5) is 32.0. The van der Waals surface area contributed by atoms with Gasteiger partial charge < -0.3 is 10.3 Å². The highest BCUT2D eigenvalue weighted by molar-refractivity contribution is 7.98. The van der Waals surface area contributed by atoms with E-state index < -0.39 is 0 Å². The molecular formula is C22H22ClN3O2S. The van der Waals surface area contributed by atoms with E-state index in [1.54, 1.807) is 19.1 Å². The summed E-state index contributed by atoms with van der Waals surface area (Å²) in [5, 5.41) is 3.99. The van der Waals surface area contributed by atoms with Crippen molar-refractivity contribution in [2.24, 2.45) is 0 Å². The molecule has 1 heterocycles. The summed E-state index contributed by atoms with van der Waals surface area (Å²) in [5.41, 5.74) is 3.74. The number of thioether (sulfide) groups is 1. The maximum atomic E-state index is 12.5. The van der Waals surface area contributed by atoms with E-state index in [9.17, 15) is 9.59 Å². The number of hydrogen-bond acceptors (Lipinski definition) is 4. The van der Waals surface area contributed by atoms with Gasteiger partial charge in [-0.15, -0.1) is 0 Å². The van der Waals surface area contributed by atoms with E-state index in [-0.39, 0.29) is 17.9 Å². The van der Waals surface area contributed by atoms with E-state index in [4.69, 9.17) is 11.6 Å². The third kappa shape index (κ3) is 5.95. The summed E-state index contributed by atoms with van der Waals surface area (Å²) in [7, 11) is 0. The normalized spacial score (nSPS) is 10.7. The molecule has 2 N–H and O–H groups in total. The second-order valence-corrected chi connectivity index (χ2v) is 8.09. The average molecular weight is 428 g/mol. The number of hydrogen-bond donors (Lipinski definition) is 2. The Hall–Kier alpha value is -2.57. The number of carbonyl (C=O) groups excluding carboxylic acids is 1. The fraction of sp³-hybridized carbons (Fsp3) is 0.227. The zero-order chi connectivity index (χ0) is 20.8. The molecule has 2 aromatic carbocycles. The lowest BCUT2D eigenvalue weighted by Gasteiger charge is -2.09. The van der Waals surface area contributed by atoms with E-state index in [0.717, 1.165) is 16.9 Å². The minimum atomic E-state index is -0.195. The predicted octanol–water partition coefficient (Wildman–Crippen LogP) is 4.90. The summed E-state index contributed by atoms with van der Waals surface area (Å²) < 4.78 is 0. The van der Waals surface area contributed by atoms with Crippen molar-refractivity contribution in [2.75, 3.05) is 5.32 Å². The number of aryl methyl sites for hydroxylation is 2. The first-order valence-electron chi connectivity index (χ1n) is 9.25. The molecule has 0 saturated carbocycles. The number of nitrogens with zero attached hydrogens (tertiary/aromatic N) is 1. The van der Waals surface area contributed by atoms with Crippen molar-refractivity contribution >= 4 is 35.0 Å². The second-order valence-electron chi connectivity index (χ2n) is 6.72. The number of aromatic amines is 1. The number of benzene rings is 2. The number of rotatable bonds is 7. The summed E-state index contributed by atoms with van der Waals surface area (Å²) >= 11 is 7.57. The van der Waals surface area contributed by atoms with Crippen molar-refractivity contribution in [3.05, 3.63) is 86.3 Å². The fourth-order valence-electron chi connectivity index (χ4n) is 2.81. The number of H-pyrrole nitrogens is 1. The molecule has 0 spiro atoms. The van der Waals surface area contributed by atoms with Gasteiger partial charge in [-0.25, -0.2) is 4.98 Å². The third-order valence-corrected chi connectivity index (χ3v) is 5.83. The van der Waals surface area contributed by atoms with Crippen molar-refractivity contribution in [3.63, 3.8) is 0 Å². The van der Waals surface area contributed by atoms with Gasteiger partial charge in [0.05, 0.1) is 0 Å². The maximum absolute atomic E-state index is 12.5. The van der Waals surface area contributed by atoms with Crippen LogP contribution < -0.4 is 10.9 Å². The molecule has 1 aromatic heterocycles. The van der Waals surface area contributed by atoms with Gasteiger partial charge >= 0.3 is 0 Å². The number of carbonyl (C=O) groups is 1. The molecule has 0 aliphatic carbocycles. The predicted molar refractivity (Wildman–Crippen MR) is 119 cm³/mol. The smallest absolute Gasteiger partial charge is 0.254 e. The number of nitrogens with one attached hydrogen (secondary N) is 2. The Labute approximate surface area is 178 Å². The van der Waals surface area contributed by atoms with Crippen LogP contribution >= 0.6 is 23.4 Å². The highest BCUT2D eigenvalue weighted by atomic mass is 35.5. The molecule has 29 heavy (non-hydrogen) atoms. The van der Waals surface area contributed by atoms with Crippen molar-refractivity contribution in [1.29, 1.82) is 0 Å². The number of anilines is 1. The van der Waals surface area contributed by atoms with Crippen LogP contribution in [0.25, 0.3) is 0 Å². The second kappa shape index (κ2) is 9.76. The van der Waals surface area contributed by atoms with Crippen LogP contribution in [0.1, 0.15) is 28.8 Å². The lowest BCUT2D eigenvalue weighted by Crippen LogP contribution is -2.20. The molecule has 0 bridgehead atoms. The maximum Gasteiger partial charge on any atom is 0.254 e. The van der Waals surface area contributed by atoms with Crippen molar-refractivity contribution in [3.8, 4) is 0 Å². The Morgan fingerprint density at radius 3 is 2.62 bits per heavy atom. The molecular weight excluding hydrogens is 406 g/mol. The first-order chi connectivity index (χ1) is 13.9. The van der Waals surface area contributed by atoms with Crippen LogP contribution in [0.2, 0.25) is 5.02 Å². The molecule has 0 atom stereocenters. The monoisotopic (exact) mass is 427 g/mol. The highest BCUT2D eigenvalue weighted by Gasteiger charge is 2.12. The van der Waals surface area contributed by atoms with Crippen LogP contribution in [0.15, 0.2) is 58.5 Å². The molecule has 150 valence electrons. The molecule has 0 unspecified atom stereocenters. The zero-order valence-electron chi connectivity index (χ0n) is 16.3. The van der Waals surface area contributed by atoms with Crippen LogP contribution in [-0.2, 0) is 17.0 Å². The molecule has 0 aliphatic heterocycles. The van der Waals surface area contributed by atoms with E-state index in [2.05, 4.69) is 15.3 Å². The van der Waals surface area contributed by atoms with Gasteiger partial charge in [0, 0.05) is 34.1 Å². The van der Waals surface area contributed by atoms with Crippen molar-refractivity contribution in [1.82, 2.24) is 9.97 Å². The highest BCUT2D eigenvalue weighted by Crippen LogP contribution is 2.21. The minimum Gasteiger partial charge on any atom is -0.326 e. The Kier molecular flexibility index (Phi) is 7.12. The van der Waals surface area contributed by atoms with Gasteiger partial charge in [-0.05, 0) is 43.5 Å². The largest absolute Gasteiger partial charge is 0.326 e. The first kappa shape index (κ1) is 21.1. The number of halogens is 1. The van der Waals surface area contributed by atoms with Crippen molar-refractivity contribution < 1.29 is 4.79 Å². The van der Waals surface area contributed by atoms with Gasteiger partial charge in [-0.2, -0.15) is 0 Å². The molecule has 0 radical (unpaired) electrons. The first-order valence-corrected chi connectivity index (χ1v) is 10.6. The van der Waals surface area contributed by atoms with Crippen LogP contribution in [0.3, 0.4) is 0 Å². The molecule has 3 aromatic rings. The SMILES string of the molecule is Cc1ccc(NC(=O)CCc2c(C)nc(SCc3ccccc3)[nH]c2=O)cc1Cl. The number of amides is 1. The Balaban J connectivity index is 1.59. The summed E-state index contributed by atoms with van der Waals surface area (Å²) in [6.07, 6.45) is 0.511. The van der Waals surface area contributed by atoms with Gasteiger partial charge in [0.1, 0.15) is 0 Å². The van der Waals surface area contributed by atoms with Crippen LogP contribution in [-0.4, -0.2) is 15.9 Å². The van der Waals surface area contributed by atoms with Gasteiger partial charge in [0.25, 0.3) is 5.56 Å². The quantitative estimate of drug-likeness (QED) is 0.415. The van der Waals surface area contributed by atoms with E-state index in [0.29, 0.717) is 33.5 Å². The molecule has 5 nitrogen and oxygen atoms in total.